The summed E-state index contributed by atoms with van der Waals surface area (Å²) < 4.78 is 19.0. The minimum absolute atomic E-state index is 0.00947. The van der Waals surface area contributed by atoms with Crippen molar-refractivity contribution in [2.45, 2.75) is 58.8 Å². The molecule has 1 unspecified atom stereocenters. The topological polar surface area (TPSA) is 256 Å². The molecule has 1 atom stereocenters. The fraction of sp³-hybridized carbons (Fsp3) is 0.532. The van der Waals surface area contributed by atoms with Crippen LogP contribution < -0.4 is 27.6 Å². The van der Waals surface area contributed by atoms with Crippen LogP contribution in [0.4, 0.5) is 0 Å². The maximum absolute atomic E-state index is 13.4. The van der Waals surface area contributed by atoms with Gasteiger partial charge in [-0.25, -0.2) is 0 Å². The van der Waals surface area contributed by atoms with Crippen LogP contribution in [0.15, 0.2) is 92.0 Å². The van der Waals surface area contributed by atoms with Gasteiger partial charge in [-0.3, -0.25) is 48.4 Å². The van der Waals surface area contributed by atoms with E-state index in [1.165, 1.54) is 30.3 Å². The van der Waals surface area contributed by atoms with Crippen LogP contribution in [-0.2, 0) is 43.4 Å². The van der Waals surface area contributed by atoms with Crippen molar-refractivity contribution in [3.05, 3.63) is 137 Å². The summed E-state index contributed by atoms with van der Waals surface area (Å²) in [6.45, 7) is 9.13. The molecule has 0 aliphatic carbocycles. The van der Waals surface area contributed by atoms with Crippen LogP contribution in [0.3, 0.4) is 0 Å². The van der Waals surface area contributed by atoms with Crippen molar-refractivity contribution in [1.29, 1.82) is 0 Å². The number of nitrogens with zero attached hydrogens (tertiary/aromatic N) is 8. The number of amides is 1. The lowest BCUT2D eigenvalue weighted by Gasteiger charge is -2.37. The lowest BCUT2D eigenvalue weighted by atomic mass is 10.0. The Labute approximate surface area is 399 Å². The van der Waals surface area contributed by atoms with Crippen molar-refractivity contribution >= 4 is 11.7 Å². The number of ketones is 1. The van der Waals surface area contributed by atoms with E-state index in [4.69, 9.17) is 14.2 Å². The first kappa shape index (κ1) is 53.8. The van der Waals surface area contributed by atoms with E-state index in [1.54, 1.807) is 42.5 Å². The maximum atomic E-state index is 13.4. The third-order valence-corrected chi connectivity index (χ3v) is 11.9. The third-order valence-electron chi connectivity index (χ3n) is 11.9. The number of hydrogen-bond acceptors (Lipinski definition) is 17. The standard InChI is InChI=1S/C47H67N9O13/c1-36(2)42(57)17-27-67-29-31-69-32-30-68-28-18-48-43(58)16-15-40(41-10-6-14-47(62)56(41)66)52-25-23-50(34-38-8-4-12-45(60)54(38)64)21-19-49(33-37-7-3-11-44(59)53(37)63)20-22-51(24-26-52)35-39-9-5-13-46(61)55(39)65/h3-14,36,40,63-66H,15-35H2,1-2H3,(H,48,58). The fourth-order valence-electron chi connectivity index (χ4n) is 7.85. The predicted octanol–water partition coefficient (Wildman–Crippen LogP) is 0.707. The molecule has 1 saturated heterocycles. The molecule has 0 saturated carbocycles. The minimum Gasteiger partial charge on any atom is -0.425 e. The van der Waals surface area contributed by atoms with Crippen LogP contribution in [0.25, 0.3) is 0 Å². The van der Waals surface area contributed by atoms with E-state index < -0.39 is 28.3 Å². The zero-order chi connectivity index (χ0) is 49.7. The molecule has 1 amide bonds. The van der Waals surface area contributed by atoms with Gasteiger partial charge in [-0.05, 0) is 30.7 Å². The molecule has 4 aromatic rings. The number of hydrogen-bond donors (Lipinski definition) is 5. The summed E-state index contributed by atoms with van der Waals surface area (Å²) in [7, 11) is 0. The number of carbonyl (C=O) groups is 2. The smallest absolute Gasteiger partial charge is 0.283 e. The summed E-state index contributed by atoms with van der Waals surface area (Å²) in [5, 5.41) is 46.1. The molecule has 5 N–H and O–H groups in total. The maximum Gasteiger partial charge on any atom is 0.283 e. The molecule has 22 heteroatoms. The van der Waals surface area contributed by atoms with E-state index in [1.807, 2.05) is 28.5 Å². The highest BCUT2D eigenvalue weighted by molar-refractivity contribution is 5.80. The van der Waals surface area contributed by atoms with Gasteiger partial charge in [0.1, 0.15) is 5.78 Å². The van der Waals surface area contributed by atoms with Crippen molar-refractivity contribution < 1.29 is 44.6 Å². The average molecular weight is 966 g/mol. The van der Waals surface area contributed by atoms with E-state index >= 15 is 0 Å². The zero-order valence-electron chi connectivity index (χ0n) is 39.5. The lowest BCUT2D eigenvalue weighted by molar-refractivity contribution is -0.123. The molecular formula is C47H67N9O13. The van der Waals surface area contributed by atoms with Crippen molar-refractivity contribution in [3.8, 4) is 0 Å². The Morgan fingerprint density at radius 1 is 0.522 bits per heavy atom. The molecule has 0 aromatic carbocycles. The summed E-state index contributed by atoms with van der Waals surface area (Å²) in [4.78, 5) is 83.4. The number of ether oxygens (including phenoxy) is 3. The molecule has 5 rings (SSSR count). The van der Waals surface area contributed by atoms with Crippen LogP contribution in [0, 0.1) is 5.92 Å². The highest BCUT2D eigenvalue weighted by Gasteiger charge is 2.28. The first-order valence-electron chi connectivity index (χ1n) is 23.3. The molecule has 0 radical (unpaired) electrons. The summed E-state index contributed by atoms with van der Waals surface area (Å²) in [6, 6.07) is 17.0. The molecule has 1 fully saturated rings. The molecule has 0 spiro atoms. The van der Waals surface area contributed by atoms with Crippen LogP contribution in [0.5, 0.6) is 0 Å². The Hall–Kier alpha value is -6.14. The van der Waals surface area contributed by atoms with Gasteiger partial charge in [-0.15, -0.1) is 0 Å². The van der Waals surface area contributed by atoms with E-state index in [0.717, 1.165) is 0 Å². The van der Waals surface area contributed by atoms with Crippen molar-refractivity contribution in [2.24, 2.45) is 5.92 Å². The quantitative estimate of drug-likeness (QED) is 0.0479. The monoisotopic (exact) mass is 965 g/mol. The second kappa shape index (κ2) is 27.8. The Kier molecular flexibility index (Phi) is 21.6. The summed E-state index contributed by atoms with van der Waals surface area (Å²) >= 11 is 0. The predicted molar refractivity (Wildman–Crippen MR) is 251 cm³/mol. The number of rotatable bonds is 24. The second-order valence-corrected chi connectivity index (χ2v) is 17.1. The number of pyridine rings is 4. The molecule has 0 bridgehead atoms. The highest BCUT2D eigenvalue weighted by Crippen LogP contribution is 2.26. The van der Waals surface area contributed by atoms with Gasteiger partial charge in [0.15, 0.2) is 0 Å². The molecule has 5 heterocycles. The molecule has 22 nitrogen and oxygen atoms in total. The number of Topliss-reactive ketones (excluding diaryl/α,β-unsaturated/α-hetero) is 1. The Bertz CT molecular complexity index is 2410. The van der Waals surface area contributed by atoms with E-state index in [9.17, 15) is 49.6 Å². The Balaban J connectivity index is 1.32. The van der Waals surface area contributed by atoms with Gasteiger partial charge in [0.25, 0.3) is 22.2 Å². The van der Waals surface area contributed by atoms with Crippen LogP contribution >= 0.6 is 0 Å². The minimum atomic E-state index is -0.689. The largest absolute Gasteiger partial charge is 0.425 e. The van der Waals surface area contributed by atoms with Crippen LogP contribution in [0.2, 0.25) is 0 Å². The van der Waals surface area contributed by atoms with Gasteiger partial charge in [-0.1, -0.05) is 38.1 Å². The van der Waals surface area contributed by atoms with E-state index in [-0.39, 0.29) is 68.9 Å². The summed E-state index contributed by atoms with van der Waals surface area (Å²) in [5.41, 5.74) is -1.18. The lowest BCUT2D eigenvalue weighted by Crippen LogP contribution is -2.47. The average Bonchev–Trinajstić information content (AvgIpc) is 3.32. The van der Waals surface area contributed by atoms with Gasteiger partial charge >= 0.3 is 0 Å². The van der Waals surface area contributed by atoms with Crippen molar-refractivity contribution in [1.82, 2.24) is 43.8 Å². The summed E-state index contributed by atoms with van der Waals surface area (Å²) in [5.74, 6) is -0.151. The number of aromatic nitrogens is 4. The van der Waals surface area contributed by atoms with Gasteiger partial charge in [0, 0.05) is 122 Å². The van der Waals surface area contributed by atoms with Crippen molar-refractivity contribution in [3.63, 3.8) is 0 Å². The third kappa shape index (κ3) is 17.1. The van der Waals surface area contributed by atoms with Gasteiger partial charge in [0.2, 0.25) is 5.91 Å². The SMILES string of the molecule is CC(C)C(=O)CCOCCOCCOCCNC(=O)CCC(c1cccc(=O)n1O)N1CCN(Cc2cccc(=O)n2O)CCN(Cc2cccc(=O)n2O)CCN(Cc2cccc(=O)n2O)CC1. The fourth-order valence-corrected chi connectivity index (χ4v) is 7.85. The van der Waals surface area contributed by atoms with Crippen LogP contribution in [-0.4, -0.2) is 170 Å². The molecule has 4 aromatic heterocycles. The van der Waals surface area contributed by atoms with Gasteiger partial charge in [0.05, 0.1) is 68.5 Å². The Morgan fingerprint density at radius 3 is 1.36 bits per heavy atom. The molecule has 1 aliphatic heterocycles. The zero-order valence-corrected chi connectivity index (χ0v) is 39.5. The van der Waals surface area contributed by atoms with E-state index in [0.29, 0.717) is 128 Å². The molecule has 69 heavy (non-hydrogen) atoms. The Morgan fingerprint density at radius 2 is 0.913 bits per heavy atom. The van der Waals surface area contributed by atoms with Crippen LogP contribution in [0.1, 0.15) is 61.9 Å². The van der Waals surface area contributed by atoms with Gasteiger partial charge in [-0.2, -0.15) is 18.9 Å². The highest BCUT2D eigenvalue weighted by atomic mass is 16.5. The normalized spacial score (nSPS) is 15.4. The first-order chi connectivity index (χ1) is 33.2. The van der Waals surface area contributed by atoms with Gasteiger partial charge < -0.3 is 40.4 Å². The van der Waals surface area contributed by atoms with E-state index in [2.05, 4.69) is 10.2 Å². The van der Waals surface area contributed by atoms with Crippen molar-refractivity contribution in [2.75, 3.05) is 98.5 Å². The first-order valence-corrected chi connectivity index (χ1v) is 23.3. The number of carbonyl (C=O) groups excluding carboxylic acids is 2. The molecule has 1 aliphatic rings. The second-order valence-electron chi connectivity index (χ2n) is 17.1. The molecular weight excluding hydrogens is 899 g/mol. The number of nitrogens with one attached hydrogen (secondary N) is 1. The molecule has 378 valence electrons. The summed E-state index contributed by atoms with van der Waals surface area (Å²) in [6.07, 6.45) is 0.555.